The minimum absolute atomic E-state index is 0. The van der Waals surface area contributed by atoms with Gasteiger partial charge >= 0.3 is 5.56 Å². The molecule has 5 heteroatoms. The highest BCUT2D eigenvalue weighted by atomic mass is 79.9. The number of pyridine rings is 1. The van der Waals surface area contributed by atoms with Crippen LogP contribution in [-0.2, 0) is 0 Å². The molecule has 3 rings (SSSR count). The summed E-state index contributed by atoms with van der Waals surface area (Å²) in [6.07, 6.45) is 3.76. The number of aromatic amines is 1. The molecule has 0 aliphatic heterocycles. The molecule has 0 saturated carbocycles. The van der Waals surface area contributed by atoms with Crippen LogP contribution in [0.25, 0.3) is 16.8 Å². The Labute approximate surface area is 126 Å². The lowest BCUT2D eigenvalue weighted by Crippen LogP contribution is -3.00. The molecule has 0 fully saturated rings. The average Bonchev–Trinajstić information content (AvgIpc) is 2.47. The average molecular weight is 333 g/mol. The molecule has 4 nitrogen and oxygen atoms in total. The summed E-state index contributed by atoms with van der Waals surface area (Å²) in [7, 11) is 1.63. The topological polar surface area (TPSA) is 46.2 Å². The maximum absolute atomic E-state index is 12.0. The Morgan fingerprint density at radius 1 is 1.10 bits per heavy atom. The number of benzene rings is 1. The Bertz CT molecular complexity index is 782. The zero-order valence-corrected chi connectivity index (χ0v) is 12.4. The SMILES string of the molecule is COc1ccc(-c2c[n+]3ccccc3c(=O)[nH]2)cc1.[Br-]. The molecule has 0 unspecified atom stereocenters. The standard InChI is InChI=1S/C15H12N2O2.BrH/c1-19-12-7-5-11(6-8-12)13-10-17-9-3-2-4-14(17)15(18)16-13;/h2-10H,1H3;1H. The lowest BCUT2D eigenvalue weighted by molar-refractivity contribution is -0.512. The second kappa shape index (κ2) is 5.88. The van der Waals surface area contributed by atoms with Crippen molar-refractivity contribution in [2.75, 3.05) is 7.11 Å². The molecule has 0 aliphatic rings. The van der Waals surface area contributed by atoms with Gasteiger partial charge in [-0.15, -0.1) is 0 Å². The number of hydrogen-bond donors (Lipinski definition) is 1. The van der Waals surface area contributed by atoms with Crippen LogP contribution < -0.4 is 31.7 Å². The molecular formula is C15H13BrN2O2. The third-order valence-electron chi connectivity index (χ3n) is 3.04. The molecule has 2 aromatic heterocycles. The second-order valence-corrected chi connectivity index (χ2v) is 4.22. The van der Waals surface area contributed by atoms with E-state index < -0.39 is 0 Å². The van der Waals surface area contributed by atoms with Gasteiger partial charge in [0.05, 0.1) is 7.11 Å². The van der Waals surface area contributed by atoms with Crippen molar-refractivity contribution in [3.8, 4) is 17.0 Å². The monoisotopic (exact) mass is 332 g/mol. The van der Waals surface area contributed by atoms with Crippen LogP contribution >= 0.6 is 0 Å². The second-order valence-electron chi connectivity index (χ2n) is 4.22. The Kier molecular flexibility index (Phi) is 4.20. The van der Waals surface area contributed by atoms with E-state index in [1.165, 1.54) is 0 Å². The van der Waals surface area contributed by atoms with E-state index in [4.69, 9.17) is 4.74 Å². The number of hydrogen-bond acceptors (Lipinski definition) is 2. The summed E-state index contributed by atoms with van der Waals surface area (Å²) in [5.41, 5.74) is 2.24. The molecule has 0 bridgehead atoms. The van der Waals surface area contributed by atoms with Gasteiger partial charge in [-0.2, -0.15) is 4.40 Å². The number of nitrogens with one attached hydrogen (secondary N) is 1. The van der Waals surface area contributed by atoms with Crippen LogP contribution in [0.1, 0.15) is 0 Å². The maximum atomic E-state index is 12.0. The Morgan fingerprint density at radius 3 is 2.55 bits per heavy atom. The molecular weight excluding hydrogens is 320 g/mol. The highest BCUT2D eigenvalue weighted by Gasteiger charge is 2.10. The number of methoxy groups -OCH3 is 1. The molecule has 0 saturated heterocycles. The number of H-pyrrole nitrogens is 1. The lowest BCUT2D eigenvalue weighted by Gasteiger charge is -2.02. The van der Waals surface area contributed by atoms with E-state index in [2.05, 4.69) is 4.98 Å². The van der Waals surface area contributed by atoms with Gasteiger partial charge < -0.3 is 26.7 Å². The first-order valence-electron chi connectivity index (χ1n) is 5.96. The van der Waals surface area contributed by atoms with Crippen molar-refractivity contribution >= 4 is 5.52 Å². The zero-order chi connectivity index (χ0) is 13.2. The normalized spacial score (nSPS) is 10.1. The predicted molar refractivity (Wildman–Crippen MR) is 72.2 cm³/mol. The molecule has 0 aliphatic carbocycles. The molecule has 3 aromatic rings. The Hall–Kier alpha value is -2.14. The number of fused-ring (bicyclic) bond motifs is 1. The molecule has 1 aromatic carbocycles. The van der Waals surface area contributed by atoms with Crippen LogP contribution in [0.4, 0.5) is 0 Å². The zero-order valence-electron chi connectivity index (χ0n) is 10.8. The number of aromatic nitrogens is 2. The van der Waals surface area contributed by atoms with E-state index in [1.54, 1.807) is 13.2 Å². The van der Waals surface area contributed by atoms with E-state index in [-0.39, 0.29) is 22.5 Å². The third kappa shape index (κ3) is 2.58. The smallest absolute Gasteiger partial charge is 0.321 e. The number of halogens is 1. The number of nitrogens with zero attached hydrogens (tertiary/aromatic N) is 1. The lowest BCUT2D eigenvalue weighted by atomic mass is 10.1. The quantitative estimate of drug-likeness (QED) is 0.599. The van der Waals surface area contributed by atoms with Crippen LogP contribution in [0.5, 0.6) is 5.75 Å². The minimum atomic E-state index is -0.103. The first-order chi connectivity index (χ1) is 9.28. The molecule has 2 heterocycles. The first-order valence-corrected chi connectivity index (χ1v) is 5.96. The molecule has 102 valence electrons. The van der Waals surface area contributed by atoms with Crippen LogP contribution in [0.2, 0.25) is 0 Å². The number of rotatable bonds is 2. The van der Waals surface area contributed by atoms with Gasteiger partial charge in [0.15, 0.2) is 12.4 Å². The van der Waals surface area contributed by atoms with Crippen molar-refractivity contribution in [2.24, 2.45) is 0 Å². The highest BCUT2D eigenvalue weighted by Crippen LogP contribution is 2.18. The van der Waals surface area contributed by atoms with Crippen LogP contribution in [-0.4, -0.2) is 12.1 Å². The van der Waals surface area contributed by atoms with Crippen molar-refractivity contribution in [3.05, 3.63) is 65.2 Å². The summed E-state index contributed by atoms with van der Waals surface area (Å²) in [5, 5.41) is 0. The van der Waals surface area contributed by atoms with Crippen LogP contribution in [0.15, 0.2) is 59.7 Å². The van der Waals surface area contributed by atoms with E-state index >= 15 is 0 Å². The van der Waals surface area contributed by atoms with Crippen molar-refractivity contribution in [1.29, 1.82) is 0 Å². The Balaban J connectivity index is 0.00000147. The van der Waals surface area contributed by atoms with Gasteiger partial charge in [-0.1, -0.05) is 0 Å². The van der Waals surface area contributed by atoms with Crippen LogP contribution in [0.3, 0.4) is 0 Å². The van der Waals surface area contributed by atoms with Gasteiger partial charge in [0.25, 0.3) is 5.52 Å². The fraction of sp³-hybridized carbons (Fsp3) is 0.0667. The molecule has 20 heavy (non-hydrogen) atoms. The minimum Gasteiger partial charge on any atom is -1.00 e. The summed E-state index contributed by atoms with van der Waals surface area (Å²) in [6, 6.07) is 13.1. The van der Waals surface area contributed by atoms with Crippen molar-refractivity contribution in [3.63, 3.8) is 0 Å². The summed E-state index contributed by atoms with van der Waals surface area (Å²) in [6.45, 7) is 0. The van der Waals surface area contributed by atoms with Gasteiger partial charge in [-0.3, -0.25) is 4.79 Å². The van der Waals surface area contributed by atoms with Gasteiger partial charge in [0, 0.05) is 17.7 Å². The predicted octanol–water partition coefficient (Wildman–Crippen LogP) is -1.21. The summed E-state index contributed by atoms with van der Waals surface area (Å²) in [4.78, 5) is 14.9. The van der Waals surface area contributed by atoms with Crippen molar-refractivity contribution in [2.45, 2.75) is 0 Å². The van der Waals surface area contributed by atoms with E-state index in [0.717, 1.165) is 17.0 Å². The summed E-state index contributed by atoms with van der Waals surface area (Å²) < 4.78 is 6.94. The van der Waals surface area contributed by atoms with Crippen molar-refractivity contribution < 1.29 is 26.1 Å². The third-order valence-corrected chi connectivity index (χ3v) is 3.04. The van der Waals surface area contributed by atoms with Crippen molar-refractivity contribution in [1.82, 2.24) is 4.98 Å². The van der Waals surface area contributed by atoms with Gasteiger partial charge in [0.2, 0.25) is 0 Å². The van der Waals surface area contributed by atoms with Crippen LogP contribution in [0, 0.1) is 0 Å². The molecule has 0 radical (unpaired) electrons. The molecule has 0 spiro atoms. The molecule has 0 amide bonds. The van der Waals surface area contributed by atoms with E-state index in [9.17, 15) is 4.79 Å². The van der Waals surface area contributed by atoms with Gasteiger partial charge in [0.1, 0.15) is 11.4 Å². The fourth-order valence-electron chi connectivity index (χ4n) is 2.04. The van der Waals surface area contributed by atoms with E-state index in [0.29, 0.717) is 5.52 Å². The first kappa shape index (κ1) is 14.3. The Morgan fingerprint density at radius 2 is 1.85 bits per heavy atom. The highest BCUT2D eigenvalue weighted by molar-refractivity contribution is 5.59. The maximum Gasteiger partial charge on any atom is 0.321 e. The molecule has 1 N–H and O–H groups in total. The number of ether oxygens (including phenoxy) is 1. The summed E-state index contributed by atoms with van der Waals surface area (Å²) >= 11 is 0. The fourth-order valence-corrected chi connectivity index (χ4v) is 2.04. The van der Waals surface area contributed by atoms with Gasteiger partial charge in [-0.25, -0.2) is 0 Å². The van der Waals surface area contributed by atoms with E-state index in [1.807, 2.05) is 53.2 Å². The van der Waals surface area contributed by atoms with Gasteiger partial charge in [-0.05, 0) is 30.3 Å². The largest absolute Gasteiger partial charge is 1.00 e. The summed E-state index contributed by atoms with van der Waals surface area (Å²) in [5.74, 6) is 0.791. The molecule has 0 atom stereocenters.